The van der Waals surface area contributed by atoms with Crippen LogP contribution >= 0.6 is 0 Å². The molecule has 6 nitrogen and oxygen atoms in total. The second-order valence-electron chi connectivity index (χ2n) is 5.81. The van der Waals surface area contributed by atoms with Gasteiger partial charge in [-0.25, -0.2) is 9.97 Å². The number of nitrogens with zero attached hydrogens (tertiary/aromatic N) is 6. The predicted molar refractivity (Wildman–Crippen MR) is 84.9 cm³/mol. The number of rotatable bonds is 2. The Bertz CT molecular complexity index is 824. The highest BCUT2D eigenvalue weighted by molar-refractivity contribution is 5.75. The highest BCUT2D eigenvalue weighted by Crippen LogP contribution is 2.27. The molecule has 1 aliphatic rings. The zero-order valence-corrected chi connectivity index (χ0v) is 12.8. The van der Waals surface area contributed by atoms with Gasteiger partial charge in [0.05, 0.1) is 34.8 Å². The van der Waals surface area contributed by atoms with E-state index in [2.05, 4.69) is 47.8 Å². The number of aromatic nitrogens is 5. The standard InChI is InChI=1S/C16H18N6/c1-11-12(2)19-20-16(18-11)21-8-7-13(9-21)22-10-17-14-5-3-4-6-15(14)22/h3-6,10,13H,7-9H2,1-2H3. The number of hydrogen-bond donors (Lipinski definition) is 0. The number of aryl methyl sites for hydroxylation is 2. The molecule has 3 aromatic rings. The second-order valence-corrected chi connectivity index (χ2v) is 5.81. The molecule has 22 heavy (non-hydrogen) atoms. The number of imidazole rings is 1. The number of anilines is 1. The number of para-hydroxylation sites is 2. The summed E-state index contributed by atoms with van der Waals surface area (Å²) in [7, 11) is 0. The molecule has 1 atom stereocenters. The maximum Gasteiger partial charge on any atom is 0.245 e. The maximum atomic E-state index is 4.56. The number of fused-ring (bicyclic) bond motifs is 1. The summed E-state index contributed by atoms with van der Waals surface area (Å²) in [6.45, 7) is 5.75. The Morgan fingerprint density at radius 1 is 1.09 bits per heavy atom. The lowest BCUT2D eigenvalue weighted by Crippen LogP contribution is -2.23. The van der Waals surface area contributed by atoms with Gasteiger partial charge in [0.2, 0.25) is 5.95 Å². The minimum atomic E-state index is 0.401. The summed E-state index contributed by atoms with van der Waals surface area (Å²) < 4.78 is 2.27. The first kappa shape index (κ1) is 13.2. The van der Waals surface area contributed by atoms with Gasteiger partial charge in [0, 0.05) is 13.1 Å². The predicted octanol–water partition coefficient (Wildman–Crippen LogP) is 2.29. The zero-order chi connectivity index (χ0) is 15.1. The Balaban J connectivity index is 1.61. The molecule has 0 N–H and O–H groups in total. The van der Waals surface area contributed by atoms with Crippen LogP contribution in [0.4, 0.5) is 5.95 Å². The molecule has 2 aromatic heterocycles. The smallest absolute Gasteiger partial charge is 0.245 e. The average molecular weight is 294 g/mol. The van der Waals surface area contributed by atoms with Crippen molar-refractivity contribution >= 4 is 17.0 Å². The molecule has 1 unspecified atom stereocenters. The fraction of sp³-hybridized carbons (Fsp3) is 0.375. The molecule has 1 saturated heterocycles. The summed E-state index contributed by atoms with van der Waals surface area (Å²) in [6.07, 6.45) is 3.01. The van der Waals surface area contributed by atoms with Gasteiger partial charge >= 0.3 is 0 Å². The third-order valence-electron chi connectivity index (χ3n) is 4.40. The molecule has 0 aliphatic carbocycles. The average Bonchev–Trinajstić information content (AvgIpc) is 3.16. The van der Waals surface area contributed by atoms with E-state index in [0.29, 0.717) is 6.04 Å². The molecule has 0 spiro atoms. The van der Waals surface area contributed by atoms with Crippen LogP contribution in [0, 0.1) is 13.8 Å². The molecule has 3 heterocycles. The van der Waals surface area contributed by atoms with Crippen molar-refractivity contribution in [3.05, 3.63) is 42.0 Å². The van der Waals surface area contributed by atoms with Gasteiger partial charge < -0.3 is 9.47 Å². The van der Waals surface area contributed by atoms with Gasteiger partial charge in [-0.2, -0.15) is 5.10 Å². The van der Waals surface area contributed by atoms with Crippen LogP contribution < -0.4 is 4.90 Å². The first-order valence-corrected chi connectivity index (χ1v) is 7.57. The van der Waals surface area contributed by atoms with E-state index in [1.165, 1.54) is 5.52 Å². The molecule has 0 amide bonds. The van der Waals surface area contributed by atoms with Crippen molar-refractivity contribution in [1.29, 1.82) is 0 Å². The molecule has 6 heteroatoms. The minimum Gasteiger partial charge on any atom is -0.337 e. The Morgan fingerprint density at radius 3 is 2.82 bits per heavy atom. The van der Waals surface area contributed by atoms with E-state index in [4.69, 9.17) is 0 Å². The molecule has 1 aromatic carbocycles. The Morgan fingerprint density at radius 2 is 1.95 bits per heavy atom. The van der Waals surface area contributed by atoms with Crippen LogP contribution in [0.5, 0.6) is 0 Å². The molecule has 1 aliphatic heterocycles. The fourth-order valence-electron chi connectivity index (χ4n) is 3.00. The minimum absolute atomic E-state index is 0.401. The maximum absolute atomic E-state index is 4.56. The van der Waals surface area contributed by atoms with Crippen molar-refractivity contribution in [1.82, 2.24) is 24.7 Å². The molecule has 0 radical (unpaired) electrons. The van der Waals surface area contributed by atoms with E-state index in [9.17, 15) is 0 Å². The van der Waals surface area contributed by atoms with Crippen LogP contribution in [0.3, 0.4) is 0 Å². The first-order valence-electron chi connectivity index (χ1n) is 7.57. The fourth-order valence-corrected chi connectivity index (χ4v) is 3.00. The summed E-state index contributed by atoms with van der Waals surface area (Å²) in [6, 6.07) is 8.66. The lowest BCUT2D eigenvalue weighted by atomic mass is 10.2. The van der Waals surface area contributed by atoms with Crippen molar-refractivity contribution in [2.75, 3.05) is 18.0 Å². The van der Waals surface area contributed by atoms with E-state index >= 15 is 0 Å². The van der Waals surface area contributed by atoms with Crippen molar-refractivity contribution in [3.63, 3.8) is 0 Å². The number of benzene rings is 1. The van der Waals surface area contributed by atoms with Gasteiger partial charge in [-0.1, -0.05) is 12.1 Å². The molecular weight excluding hydrogens is 276 g/mol. The van der Waals surface area contributed by atoms with Gasteiger partial charge in [-0.3, -0.25) is 0 Å². The van der Waals surface area contributed by atoms with Gasteiger partial charge in [0.15, 0.2) is 0 Å². The van der Waals surface area contributed by atoms with Crippen LogP contribution in [-0.2, 0) is 0 Å². The Labute approximate surface area is 128 Å². The quantitative estimate of drug-likeness (QED) is 0.725. The van der Waals surface area contributed by atoms with Crippen LogP contribution in [0.15, 0.2) is 30.6 Å². The van der Waals surface area contributed by atoms with Crippen molar-refractivity contribution in [2.45, 2.75) is 26.3 Å². The van der Waals surface area contributed by atoms with Crippen molar-refractivity contribution < 1.29 is 0 Å². The molecule has 1 fully saturated rings. The SMILES string of the molecule is Cc1nnc(N2CCC(n3cnc4ccccc43)C2)nc1C. The van der Waals surface area contributed by atoms with Crippen molar-refractivity contribution in [3.8, 4) is 0 Å². The highest BCUT2D eigenvalue weighted by Gasteiger charge is 2.27. The third kappa shape index (κ3) is 2.11. The molecule has 0 saturated carbocycles. The first-order chi connectivity index (χ1) is 10.7. The Hall–Kier alpha value is -2.50. The lowest BCUT2D eigenvalue weighted by molar-refractivity contribution is 0.566. The van der Waals surface area contributed by atoms with Crippen LogP contribution in [0.25, 0.3) is 11.0 Å². The monoisotopic (exact) mass is 294 g/mol. The second kappa shape index (κ2) is 5.05. The zero-order valence-electron chi connectivity index (χ0n) is 12.8. The van der Waals surface area contributed by atoms with E-state index in [1.54, 1.807) is 0 Å². The highest BCUT2D eigenvalue weighted by atomic mass is 15.3. The van der Waals surface area contributed by atoms with Gasteiger partial charge in [0.25, 0.3) is 0 Å². The van der Waals surface area contributed by atoms with Crippen LogP contribution in [0.2, 0.25) is 0 Å². The topological polar surface area (TPSA) is 59.7 Å². The van der Waals surface area contributed by atoms with Crippen LogP contribution in [0.1, 0.15) is 23.9 Å². The van der Waals surface area contributed by atoms with E-state index in [-0.39, 0.29) is 0 Å². The van der Waals surface area contributed by atoms with Crippen LogP contribution in [-0.4, -0.2) is 37.8 Å². The van der Waals surface area contributed by atoms with E-state index in [0.717, 1.165) is 42.4 Å². The summed E-state index contributed by atoms with van der Waals surface area (Å²) in [5.74, 6) is 0.732. The van der Waals surface area contributed by atoms with Gasteiger partial charge in [0.1, 0.15) is 0 Å². The van der Waals surface area contributed by atoms with E-state index in [1.807, 2.05) is 26.2 Å². The summed E-state index contributed by atoms with van der Waals surface area (Å²) in [5, 5.41) is 8.43. The molecular formula is C16H18N6. The largest absolute Gasteiger partial charge is 0.337 e. The van der Waals surface area contributed by atoms with Gasteiger partial charge in [-0.05, 0) is 32.4 Å². The lowest BCUT2D eigenvalue weighted by Gasteiger charge is -2.17. The Kier molecular flexibility index (Phi) is 3.03. The van der Waals surface area contributed by atoms with Gasteiger partial charge in [-0.15, -0.1) is 5.10 Å². The normalized spacial score (nSPS) is 18.3. The van der Waals surface area contributed by atoms with E-state index < -0.39 is 0 Å². The summed E-state index contributed by atoms with van der Waals surface area (Å²) >= 11 is 0. The molecule has 112 valence electrons. The number of hydrogen-bond acceptors (Lipinski definition) is 5. The summed E-state index contributed by atoms with van der Waals surface area (Å²) in [5.41, 5.74) is 4.07. The molecule has 4 rings (SSSR count). The summed E-state index contributed by atoms with van der Waals surface area (Å²) in [4.78, 5) is 11.3. The van der Waals surface area contributed by atoms with Crippen molar-refractivity contribution in [2.24, 2.45) is 0 Å². The molecule has 0 bridgehead atoms. The third-order valence-corrected chi connectivity index (χ3v) is 4.40.